The second kappa shape index (κ2) is 7.76. The van der Waals surface area contributed by atoms with Gasteiger partial charge in [-0.05, 0) is 53.9 Å². The predicted molar refractivity (Wildman–Crippen MR) is 121 cm³/mol. The van der Waals surface area contributed by atoms with Crippen LogP contribution < -0.4 is 16.2 Å². The van der Waals surface area contributed by atoms with Crippen LogP contribution in [0.25, 0.3) is 22.5 Å². The monoisotopic (exact) mass is 444 g/mol. The summed E-state index contributed by atoms with van der Waals surface area (Å²) in [6, 6.07) is 6.34. The Balaban J connectivity index is 1.65. The fourth-order valence-corrected chi connectivity index (χ4v) is 4.12. The predicted octanol–water partition coefficient (Wildman–Crippen LogP) is 3.13. The maximum absolute atomic E-state index is 11.0. The molecule has 0 bridgehead atoms. The summed E-state index contributed by atoms with van der Waals surface area (Å²) in [4.78, 5) is 4.84. The average Bonchev–Trinajstić information content (AvgIpc) is 3.41. The molecule has 0 amide bonds. The number of nitrogen functional groups attached to an aromatic ring is 1. The zero-order chi connectivity index (χ0) is 22.4. The Morgan fingerprint density at radius 2 is 1.94 bits per heavy atom. The van der Waals surface area contributed by atoms with Crippen molar-refractivity contribution in [3.63, 3.8) is 0 Å². The van der Waals surface area contributed by atoms with Gasteiger partial charge in [-0.2, -0.15) is 0 Å². The molecule has 10 heteroatoms. The molecule has 1 aliphatic carbocycles. The largest absolute Gasteiger partial charge is 0.402 e. The van der Waals surface area contributed by atoms with Crippen molar-refractivity contribution in [2.45, 2.75) is 51.4 Å². The fraction of sp³-hybridized carbons (Fsp3) is 0.476. The lowest BCUT2D eigenvalue weighted by Crippen LogP contribution is -2.18. The number of aromatic nitrogens is 3. The topological polar surface area (TPSA) is 150 Å². The summed E-state index contributed by atoms with van der Waals surface area (Å²) >= 11 is 0. The van der Waals surface area contributed by atoms with E-state index in [9.17, 15) is 8.42 Å². The molecule has 4 rings (SSSR count). The molecule has 1 saturated carbocycles. The molecule has 5 N–H and O–H groups in total. The minimum absolute atomic E-state index is 0.105. The number of hydrogen-bond donors (Lipinski definition) is 3. The fourth-order valence-electron chi connectivity index (χ4n) is 3.58. The van der Waals surface area contributed by atoms with Crippen LogP contribution in [0.1, 0.15) is 57.1 Å². The Morgan fingerprint density at radius 3 is 2.58 bits per heavy atom. The highest BCUT2D eigenvalue weighted by Gasteiger charge is 2.28. The van der Waals surface area contributed by atoms with Gasteiger partial charge in [0.05, 0.1) is 11.3 Å². The van der Waals surface area contributed by atoms with Crippen molar-refractivity contribution < 1.29 is 12.8 Å². The summed E-state index contributed by atoms with van der Waals surface area (Å²) in [5.74, 6) is 0.736. The molecule has 0 radical (unpaired) electrons. The number of anilines is 2. The number of nitrogens with zero attached hydrogens (tertiary/aromatic N) is 3. The van der Waals surface area contributed by atoms with Crippen molar-refractivity contribution in [2.24, 2.45) is 5.14 Å². The number of primary sulfonamides is 1. The molecule has 2 heterocycles. The van der Waals surface area contributed by atoms with E-state index < -0.39 is 10.0 Å². The molecular weight excluding hydrogens is 416 g/mol. The van der Waals surface area contributed by atoms with E-state index in [1.54, 1.807) is 6.07 Å². The molecule has 0 aliphatic heterocycles. The average molecular weight is 445 g/mol. The van der Waals surface area contributed by atoms with E-state index in [-0.39, 0.29) is 23.1 Å². The van der Waals surface area contributed by atoms with Crippen LogP contribution in [0.4, 0.5) is 11.7 Å². The summed E-state index contributed by atoms with van der Waals surface area (Å²) in [6.45, 7) is 6.83. The number of pyridine rings is 1. The quantitative estimate of drug-likeness (QED) is 0.470. The normalized spacial score (nSPS) is 14.8. The van der Waals surface area contributed by atoms with Crippen LogP contribution in [0.15, 0.2) is 22.6 Å². The molecule has 2 aromatic heterocycles. The number of nitrogens with two attached hydrogens (primary N) is 2. The van der Waals surface area contributed by atoms with Crippen molar-refractivity contribution in [1.29, 1.82) is 0 Å². The lowest BCUT2D eigenvalue weighted by molar-refractivity contribution is 0.576. The summed E-state index contributed by atoms with van der Waals surface area (Å²) in [7, 11) is -3.49. The van der Waals surface area contributed by atoms with Gasteiger partial charge in [0.25, 0.3) is 5.89 Å². The third-order valence-electron chi connectivity index (χ3n) is 5.35. The van der Waals surface area contributed by atoms with Gasteiger partial charge in [-0.15, -0.1) is 5.10 Å². The van der Waals surface area contributed by atoms with Crippen LogP contribution in [0, 0.1) is 0 Å². The Hall–Kier alpha value is -2.72. The molecule has 1 aliphatic rings. The summed E-state index contributed by atoms with van der Waals surface area (Å²) in [6.07, 6.45) is 2.76. The van der Waals surface area contributed by atoms with Crippen LogP contribution >= 0.6 is 0 Å². The zero-order valence-corrected chi connectivity index (χ0v) is 18.8. The van der Waals surface area contributed by atoms with Gasteiger partial charge in [0.2, 0.25) is 10.0 Å². The lowest BCUT2D eigenvalue weighted by Gasteiger charge is -2.23. The van der Waals surface area contributed by atoms with E-state index in [1.807, 2.05) is 0 Å². The molecular formula is C21H28N6O3S. The van der Waals surface area contributed by atoms with Crippen LogP contribution in [0.5, 0.6) is 0 Å². The molecule has 0 saturated heterocycles. The summed E-state index contributed by atoms with van der Waals surface area (Å²) in [5.41, 5.74) is 10.7. The van der Waals surface area contributed by atoms with Gasteiger partial charge in [0.1, 0.15) is 5.69 Å². The Bertz CT molecular complexity index is 1230. The highest BCUT2D eigenvalue weighted by molar-refractivity contribution is 7.89. The van der Waals surface area contributed by atoms with Crippen LogP contribution in [-0.4, -0.2) is 35.9 Å². The first-order valence-corrected chi connectivity index (χ1v) is 12.1. The number of sulfonamides is 1. The zero-order valence-electron chi connectivity index (χ0n) is 18.0. The molecule has 0 atom stereocenters. The van der Waals surface area contributed by atoms with E-state index in [1.165, 1.54) is 18.4 Å². The minimum atomic E-state index is -3.49. The Morgan fingerprint density at radius 1 is 1.19 bits per heavy atom. The maximum atomic E-state index is 11.0. The van der Waals surface area contributed by atoms with E-state index in [0.717, 1.165) is 16.5 Å². The molecule has 31 heavy (non-hydrogen) atoms. The SMILES string of the molecule is CC(C)(C)c1cc(C2CC2)cc2c(N)cc(-c3nnc(NCCCS(N)(=O)=O)o3)nc12. The first kappa shape index (κ1) is 21.5. The number of nitrogens with one attached hydrogen (secondary N) is 1. The van der Waals surface area contributed by atoms with Crippen molar-refractivity contribution >= 4 is 32.6 Å². The van der Waals surface area contributed by atoms with Crippen molar-refractivity contribution in [3.8, 4) is 11.6 Å². The molecule has 1 fully saturated rings. The van der Waals surface area contributed by atoms with Gasteiger partial charge in [-0.1, -0.05) is 31.9 Å². The third-order valence-corrected chi connectivity index (χ3v) is 6.21. The van der Waals surface area contributed by atoms with E-state index in [4.69, 9.17) is 20.3 Å². The first-order valence-electron chi connectivity index (χ1n) is 10.3. The van der Waals surface area contributed by atoms with Gasteiger partial charge >= 0.3 is 6.01 Å². The smallest absolute Gasteiger partial charge is 0.315 e. The van der Waals surface area contributed by atoms with Gasteiger partial charge in [0.15, 0.2) is 0 Å². The van der Waals surface area contributed by atoms with Gasteiger partial charge in [-0.3, -0.25) is 0 Å². The van der Waals surface area contributed by atoms with Crippen LogP contribution in [-0.2, 0) is 15.4 Å². The van der Waals surface area contributed by atoms with Crippen molar-refractivity contribution in [3.05, 3.63) is 29.3 Å². The number of rotatable bonds is 7. The minimum Gasteiger partial charge on any atom is -0.402 e. The third kappa shape index (κ3) is 4.96. The number of hydrogen-bond acceptors (Lipinski definition) is 8. The number of benzene rings is 1. The maximum Gasteiger partial charge on any atom is 0.315 e. The molecule has 166 valence electrons. The second-order valence-corrected chi connectivity index (χ2v) is 10.9. The molecule has 0 spiro atoms. The Labute approximate surface area is 181 Å². The van der Waals surface area contributed by atoms with Gasteiger partial charge in [-0.25, -0.2) is 18.5 Å². The molecule has 3 aromatic rings. The van der Waals surface area contributed by atoms with E-state index in [0.29, 0.717) is 30.3 Å². The summed E-state index contributed by atoms with van der Waals surface area (Å²) in [5, 5.41) is 16.9. The molecule has 0 unspecified atom stereocenters. The van der Waals surface area contributed by atoms with E-state index >= 15 is 0 Å². The van der Waals surface area contributed by atoms with E-state index in [2.05, 4.69) is 48.4 Å². The molecule has 9 nitrogen and oxygen atoms in total. The van der Waals surface area contributed by atoms with Gasteiger partial charge in [0, 0.05) is 17.6 Å². The standard InChI is InChI=1S/C21H28N6O3S/c1-21(2,3)15-10-13(12-5-6-12)9-14-16(22)11-17(25-18(14)15)19-26-27-20(30-19)24-7-4-8-31(23,28)29/h9-12H,4-8H2,1-3H3,(H2,22,25)(H,24,27)(H2,23,28,29). The Kier molecular flexibility index (Phi) is 5.38. The highest BCUT2D eigenvalue weighted by Crippen LogP contribution is 2.44. The van der Waals surface area contributed by atoms with Crippen molar-refractivity contribution in [2.75, 3.05) is 23.3 Å². The molecule has 1 aromatic carbocycles. The number of fused-ring (bicyclic) bond motifs is 1. The summed E-state index contributed by atoms with van der Waals surface area (Å²) < 4.78 is 27.7. The van der Waals surface area contributed by atoms with Gasteiger partial charge < -0.3 is 15.5 Å². The van der Waals surface area contributed by atoms with Crippen LogP contribution in [0.3, 0.4) is 0 Å². The second-order valence-electron chi connectivity index (χ2n) is 9.15. The van der Waals surface area contributed by atoms with Crippen LogP contribution in [0.2, 0.25) is 0 Å². The lowest BCUT2D eigenvalue weighted by atomic mass is 9.83. The van der Waals surface area contributed by atoms with Crippen molar-refractivity contribution in [1.82, 2.24) is 15.2 Å². The first-order chi connectivity index (χ1) is 14.5. The highest BCUT2D eigenvalue weighted by atomic mass is 32.2.